The summed E-state index contributed by atoms with van der Waals surface area (Å²) in [6.45, 7) is 21.9. The smallest absolute Gasteiger partial charge is 0.368 e. The van der Waals surface area contributed by atoms with Gasteiger partial charge in [0.15, 0.2) is 0 Å². The van der Waals surface area contributed by atoms with Gasteiger partial charge in [-0.1, -0.05) is 163 Å². The number of ether oxygens (including phenoxy) is 5. The van der Waals surface area contributed by atoms with Crippen molar-refractivity contribution in [2.24, 2.45) is 35.2 Å². The minimum Gasteiger partial charge on any atom is -0.514 e. The summed E-state index contributed by atoms with van der Waals surface area (Å²) >= 11 is 30.3. The van der Waals surface area contributed by atoms with Gasteiger partial charge in [0.1, 0.15) is 33.0 Å². The number of hydrogen-bond donors (Lipinski definition) is 0. The fourth-order valence-corrected chi connectivity index (χ4v) is 13.8. The Kier molecular flexibility index (Phi) is 46.1. The molecule has 0 aliphatic rings. The van der Waals surface area contributed by atoms with Crippen LogP contribution in [0, 0.1) is 77.3 Å². The molecule has 43 heteroatoms. The van der Waals surface area contributed by atoms with Crippen LogP contribution in [0.15, 0.2) is 200 Å². The van der Waals surface area contributed by atoms with Crippen LogP contribution >= 0.6 is 69.8 Å². The summed E-state index contributed by atoms with van der Waals surface area (Å²) in [6, 6.07) is 58.4. The largest absolute Gasteiger partial charge is 0.514 e. The van der Waals surface area contributed by atoms with E-state index in [1.54, 1.807) is 136 Å². The molecule has 0 saturated heterocycles. The van der Waals surface area contributed by atoms with E-state index in [0.717, 1.165) is 80.8 Å². The number of rotatable bonds is 25. The van der Waals surface area contributed by atoms with E-state index in [1.807, 2.05) is 103 Å². The van der Waals surface area contributed by atoms with Gasteiger partial charge in [-0.2, -0.15) is 116 Å². The Morgan fingerprint density at radius 3 is 0.985 bits per heavy atom. The van der Waals surface area contributed by atoms with E-state index in [0.29, 0.717) is 111 Å². The molecule has 5 heterocycles. The summed E-state index contributed by atoms with van der Waals surface area (Å²) in [5.41, 5.74) is 12.9. The number of benzene rings is 10. The Labute approximate surface area is 924 Å². The molecule has 15 aromatic rings. The molecule has 0 spiro atoms. The molecule has 679 valence electrons. The minimum absolute atomic E-state index is 0. The van der Waals surface area contributed by atoms with Crippen molar-refractivity contribution >= 4 is 87.5 Å². The summed E-state index contributed by atoms with van der Waals surface area (Å²) < 4.78 is 67.3. The molecule has 0 atom stereocenters. The molecule has 30 nitrogen and oxygen atoms in total. The maximum absolute atomic E-state index is 13.0. The molecule has 5 radical (unpaired) electrons. The molecule has 0 N–H and O–H groups in total. The molecule has 0 fully saturated rings. The van der Waals surface area contributed by atoms with E-state index in [1.165, 1.54) is 46.9 Å². The number of aromatic nitrogens is 20. The quantitative estimate of drug-likeness (QED) is 0.0291. The van der Waals surface area contributed by atoms with Gasteiger partial charge in [-0.15, -0.1) is 123 Å². The Balaban J connectivity index is 0.000000255. The van der Waals surface area contributed by atoms with Crippen LogP contribution in [0.5, 0.6) is 28.7 Å². The van der Waals surface area contributed by atoms with Gasteiger partial charge >= 0.3 is 28.4 Å². The molecule has 134 heavy (non-hydrogen) atoms. The second kappa shape index (κ2) is 54.0. The Morgan fingerprint density at radius 1 is 0.418 bits per heavy atom. The monoisotopic (exact) mass is 2300 g/mol. The molecule has 0 amide bonds. The first-order valence-corrected chi connectivity index (χ1v) is 41.5. The Bertz CT molecular complexity index is 7050. The van der Waals surface area contributed by atoms with Crippen molar-refractivity contribution in [3.63, 3.8) is 0 Å². The fourth-order valence-electron chi connectivity index (χ4n) is 12.4. The molecule has 0 unspecified atom stereocenters. The van der Waals surface area contributed by atoms with E-state index >= 15 is 0 Å². The zero-order valence-corrected chi connectivity index (χ0v) is 93.0. The van der Waals surface area contributed by atoms with Gasteiger partial charge in [-0.05, 0) is 125 Å². The SMILES string of the molecule is C#Cc1cccc(-n2nnn(C)c2=O)c1COc1cc(Cl)[c-]cc1C.C/C=C/c1cccc(-n2nnn(C)c2=O)c1COc1cc(Cl)[c-]cc1C.C=C(C)c1cccc(-n2nnn(C)c2=O)c1COc1cc(Cl)[c-]cc1C.C=Cc1cccc(-n2nnn(C)c2=O)c1COc1cc(Cl)[c-]cc1C.Cc1c[c-]c(Cl)cc1OCc1c(SC(F)F)cccc1-n1nnn(C)c1=O.[Y].[Y].[Y].[Y].[Y]. The number of halogens is 7. The van der Waals surface area contributed by atoms with Crippen LogP contribution < -0.4 is 52.1 Å². The standard InChI is InChI=1S/2C19H18ClN4O2.C18H16ClN4O2.C18H14ClN4O2.C17H14ClF2N4O2S.5Y/c1-12(2)15-6-5-7-17(24-19(25)23(4)21-22-24)16(15)11-26-18-10-14(20)9-8-13(18)3;1-4-6-14-7-5-8-17(24-19(25)23(3)21-22-24)16(14)12-26-18-11-15(20)10-9-13(18)2;2*1-4-13-6-5-7-16(23-18(24)22(3)20-21-23)15(13)11-25-17-10-14(19)9-8-12(17)2;1-10-6-7-11(18)8-14(10)26-9-12-13(24-17(25)23(2)21-22-24)4-3-5-15(12)27-16(19)20;;;;;/h5-8,10H,1,11H2,2-4H3;4-9,11H,12H2,1-3H3;4-8,10H,1,11H2,2-3H3;1,5-8,10H,11H2,2-3H3;3-6,8,16H,9H2,1-2H3;;;;;/q5*-1;;;;;/b;6-4+;;;;;;;;. The molecule has 5 aromatic heterocycles. The van der Waals surface area contributed by atoms with Crippen LogP contribution in [0.2, 0.25) is 25.1 Å². The molecule has 0 bridgehead atoms. The fraction of sp³-hybridized carbons (Fsp3) is 0.198. The van der Waals surface area contributed by atoms with Gasteiger partial charge in [0.25, 0.3) is 5.76 Å². The summed E-state index contributed by atoms with van der Waals surface area (Å²) in [6.07, 6.45) is 11.2. The van der Waals surface area contributed by atoms with Crippen molar-refractivity contribution in [1.82, 2.24) is 99.0 Å². The molecular weight excluding hydrogens is 2220 g/mol. The first kappa shape index (κ1) is 114. The summed E-state index contributed by atoms with van der Waals surface area (Å²) in [5, 5.41) is 40.5. The number of alkyl halides is 2. The van der Waals surface area contributed by atoms with Crippen molar-refractivity contribution in [3.05, 3.63) is 357 Å². The number of nitrogens with zero attached hydrogens (tertiary/aromatic N) is 20. The van der Waals surface area contributed by atoms with Crippen LogP contribution in [0.25, 0.3) is 46.2 Å². The van der Waals surface area contributed by atoms with Crippen LogP contribution in [0.1, 0.15) is 91.7 Å². The van der Waals surface area contributed by atoms with Gasteiger partial charge in [-0.25, -0.2) is 24.0 Å². The third kappa shape index (κ3) is 29.3. The van der Waals surface area contributed by atoms with E-state index in [-0.39, 0.29) is 224 Å². The number of hydrogen-bond acceptors (Lipinski definition) is 21. The molecule has 10 aromatic carbocycles. The van der Waals surface area contributed by atoms with Crippen molar-refractivity contribution in [1.29, 1.82) is 0 Å². The normalized spacial score (nSPS) is 10.5. The number of thioether (sulfide) groups is 1. The van der Waals surface area contributed by atoms with Crippen LogP contribution in [-0.4, -0.2) is 105 Å². The van der Waals surface area contributed by atoms with E-state index in [9.17, 15) is 32.8 Å². The van der Waals surface area contributed by atoms with Crippen LogP contribution in [-0.2, 0) is 232 Å². The average Bonchev–Trinajstić information content (AvgIpc) is 1.48. The minimum atomic E-state index is -2.62. The van der Waals surface area contributed by atoms with Crippen molar-refractivity contribution < 1.29 is 196 Å². The van der Waals surface area contributed by atoms with Gasteiger partial charge in [0, 0.05) is 266 Å². The third-order valence-electron chi connectivity index (χ3n) is 19.2. The Morgan fingerprint density at radius 2 is 0.687 bits per heavy atom. The molecular formula is C91H80Cl5F2N20O10SY5-5. The van der Waals surface area contributed by atoms with Crippen molar-refractivity contribution in [2.45, 2.75) is 92.2 Å². The molecule has 0 aliphatic heterocycles. The van der Waals surface area contributed by atoms with E-state index in [4.69, 9.17) is 88.1 Å². The maximum atomic E-state index is 13.0. The molecule has 0 saturated carbocycles. The maximum Gasteiger partial charge on any atom is 0.368 e. The zero-order chi connectivity index (χ0) is 93.0. The van der Waals surface area contributed by atoms with E-state index < -0.39 is 11.4 Å². The first-order valence-electron chi connectivity index (χ1n) is 38.7. The van der Waals surface area contributed by atoms with Gasteiger partial charge in [0.2, 0.25) is 0 Å². The van der Waals surface area contributed by atoms with Gasteiger partial charge in [-0.3, -0.25) is 0 Å². The van der Waals surface area contributed by atoms with Crippen LogP contribution in [0.3, 0.4) is 0 Å². The molecule has 0 aliphatic carbocycles. The summed E-state index contributed by atoms with van der Waals surface area (Å²) in [7, 11) is 7.63. The zero-order valence-electron chi connectivity index (χ0n) is 74.2. The first-order chi connectivity index (χ1) is 61.8. The van der Waals surface area contributed by atoms with Crippen molar-refractivity contribution in [3.8, 4) is 69.5 Å². The van der Waals surface area contributed by atoms with Crippen molar-refractivity contribution in [2.75, 3.05) is 0 Å². The predicted molar refractivity (Wildman–Crippen MR) is 489 cm³/mol. The van der Waals surface area contributed by atoms with Crippen LogP contribution in [0.4, 0.5) is 8.78 Å². The average molecular weight is 2310 g/mol. The third-order valence-corrected chi connectivity index (χ3v) is 21.1. The molecule has 15 rings (SSSR count). The second-order valence-electron chi connectivity index (χ2n) is 28.1. The Hall–Kier alpha value is -8.49. The van der Waals surface area contributed by atoms with Gasteiger partial charge < -0.3 is 23.7 Å². The summed E-state index contributed by atoms with van der Waals surface area (Å²) in [5.74, 6) is 3.07. The number of aryl methyl sites for hydroxylation is 10. The summed E-state index contributed by atoms with van der Waals surface area (Å²) in [4.78, 5) is 61.5. The van der Waals surface area contributed by atoms with Gasteiger partial charge in [0.05, 0.1) is 28.4 Å². The predicted octanol–water partition coefficient (Wildman–Crippen LogP) is 15.5. The second-order valence-corrected chi connectivity index (χ2v) is 31.2. The number of terminal acetylenes is 1. The number of tetrazole rings is 5. The van der Waals surface area contributed by atoms with E-state index in [2.05, 4.69) is 102 Å². The number of allylic oxidation sites excluding steroid dienone is 2. The topological polar surface area (TPSA) is 310 Å².